The summed E-state index contributed by atoms with van der Waals surface area (Å²) in [5.41, 5.74) is 3.92. The van der Waals surface area contributed by atoms with E-state index in [0.29, 0.717) is 6.04 Å². The molecular weight excluding hydrogens is 464 g/mol. The molecule has 1 aromatic rings. The normalized spacial score (nSPS) is 26.1. The molecule has 2 N–H and O–H groups in total. The summed E-state index contributed by atoms with van der Waals surface area (Å²) < 4.78 is 3.35. The number of nitrogens with one attached hydrogen (secondary N) is 2. The molecule has 21 heavy (non-hydrogen) atoms. The fraction of sp³-hybridized carbons (Fsp3) is 0.500. The molecule has 3 heterocycles. The van der Waals surface area contributed by atoms with E-state index in [1.807, 2.05) is 6.21 Å². The lowest BCUT2D eigenvalue weighted by Crippen LogP contribution is -2.52. The molecule has 1 aromatic carbocycles. The van der Waals surface area contributed by atoms with Gasteiger partial charge in [0.2, 0.25) is 0 Å². The Hall–Kier alpha value is -0.110. The number of nitrogens with zero attached hydrogens (tertiary/aromatic N) is 2. The SMILES string of the molecule is Brc1c(Br)c2c3c(c1Br)NC(N[C@H]1CC=NC1)N3CCC2. The van der Waals surface area contributed by atoms with Crippen molar-refractivity contribution in [3.8, 4) is 0 Å². The molecule has 0 amide bonds. The molecule has 0 spiro atoms. The number of halogens is 3. The van der Waals surface area contributed by atoms with Crippen LogP contribution in [0.2, 0.25) is 0 Å². The van der Waals surface area contributed by atoms with Gasteiger partial charge in [-0.3, -0.25) is 10.3 Å². The highest BCUT2D eigenvalue weighted by Crippen LogP contribution is 2.51. The highest BCUT2D eigenvalue weighted by atomic mass is 79.9. The largest absolute Gasteiger partial charge is 0.350 e. The lowest BCUT2D eigenvalue weighted by atomic mass is 10.0. The molecule has 2 atom stereocenters. The standard InChI is InChI=1S/C14H15Br3N4/c15-9-8-2-1-5-21-13(8)12(11(17)10(9)16)20-14(21)19-7-3-4-18-6-7/h4,7,14,19-20H,1-3,5-6H2/t7-,14?/m0/s1. The molecule has 0 fully saturated rings. The van der Waals surface area contributed by atoms with Gasteiger partial charge in [0.25, 0.3) is 0 Å². The van der Waals surface area contributed by atoms with Gasteiger partial charge in [0, 0.05) is 27.7 Å². The van der Waals surface area contributed by atoms with E-state index in [1.165, 1.54) is 27.8 Å². The van der Waals surface area contributed by atoms with Crippen molar-refractivity contribution in [2.45, 2.75) is 31.6 Å². The molecule has 0 aromatic heterocycles. The van der Waals surface area contributed by atoms with Gasteiger partial charge in [-0.2, -0.15) is 0 Å². The Morgan fingerprint density at radius 2 is 2.10 bits per heavy atom. The van der Waals surface area contributed by atoms with Crippen LogP contribution in [0.3, 0.4) is 0 Å². The minimum atomic E-state index is 0.156. The van der Waals surface area contributed by atoms with Crippen LogP contribution >= 0.6 is 47.8 Å². The molecule has 0 saturated heterocycles. The Labute approximate surface area is 149 Å². The molecular formula is C14H15Br3N4. The van der Waals surface area contributed by atoms with Crippen molar-refractivity contribution in [2.24, 2.45) is 4.99 Å². The summed E-state index contributed by atoms with van der Waals surface area (Å²) >= 11 is 11.1. The minimum Gasteiger partial charge on any atom is -0.350 e. The van der Waals surface area contributed by atoms with Crippen LogP contribution in [0.25, 0.3) is 0 Å². The van der Waals surface area contributed by atoms with Crippen molar-refractivity contribution in [1.29, 1.82) is 0 Å². The summed E-state index contributed by atoms with van der Waals surface area (Å²) in [7, 11) is 0. The zero-order valence-electron chi connectivity index (χ0n) is 11.3. The molecule has 3 aliphatic rings. The van der Waals surface area contributed by atoms with Gasteiger partial charge >= 0.3 is 0 Å². The van der Waals surface area contributed by atoms with Crippen molar-refractivity contribution in [1.82, 2.24) is 5.32 Å². The maximum absolute atomic E-state index is 4.33. The third kappa shape index (κ3) is 2.28. The van der Waals surface area contributed by atoms with E-state index < -0.39 is 0 Å². The lowest BCUT2D eigenvalue weighted by Gasteiger charge is -2.33. The summed E-state index contributed by atoms with van der Waals surface area (Å²) in [6.07, 6.45) is 5.49. The molecule has 112 valence electrons. The third-order valence-corrected chi connectivity index (χ3v) is 7.86. The first-order valence-corrected chi connectivity index (χ1v) is 9.51. The summed E-state index contributed by atoms with van der Waals surface area (Å²) in [5, 5.41) is 7.33. The van der Waals surface area contributed by atoms with Gasteiger partial charge in [-0.1, -0.05) is 0 Å². The monoisotopic (exact) mass is 476 g/mol. The van der Waals surface area contributed by atoms with Crippen LogP contribution in [0.1, 0.15) is 18.4 Å². The maximum Gasteiger partial charge on any atom is 0.155 e. The van der Waals surface area contributed by atoms with Gasteiger partial charge in [-0.05, 0) is 72.6 Å². The number of aliphatic imine (C=N–C) groups is 1. The molecule has 4 rings (SSSR count). The fourth-order valence-corrected chi connectivity index (χ4v) is 5.13. The number of anilines is 2. The number of hydrogen-bond acceptors (Lipinski definition) is 4. The fourth-order valence-electron chi connectivity index (χ4n) is 3.34. The number of rotatable bonds is 2. The zero-order valence-corrected chi connectivity index (χ0v) is 16.1. The van der Waals surface area contributed by atoms with E-state index in [9.17, 15) is 0 Å². The van der Waals surface area contributed by atoms with Crippen LogP contribution in [0.4, 0.5) is 11.4 Å². The predicted octanol–water partition coefficient (Wildman–Crippen LogP) is 3.87. The zero-order chi connectivity index (χ0) is 14.6. The second kappa shape index (κ2) is 5.51. The number of hydrogen-bond donors (Lipinski definition) is 2. The van der Waals surface area contributed by atoms with Gasteiger partial charge in [-0.15, -0.1) is 0 Å². The summed E-state index contributed by atoms with van der Waals surface area (Å²) in [4.78, 5) is 6.78. The molecule has 0 bridgehead atoms. The van der Waals surface area contributed by atoms with Crippen molar-refractivity contribution in [3.05, 3.63) is 19.0 Å². The smallest absolute Gasteiger partial charge is 0.155 e. The van der Waals surface area contributed by atoms with E-state index in [1.54, 1.807) is 0 Å². The van der Waals surface area contributed by atoms with Crippen molar-refractivity contribution < 1.29 is 0 Å². The van der Waals surface area contributed by atoms with Crippen molar-refractivity contribution in [3.63, 3.8) is 0 Å². The Morgan fingerprint density at radius 3 is 2.86 bits per heavy atom. The summed E-state index contributed by atoms with van der Waals surface area (Å²) in [6.45, 7) is 1.96. The van der Waals surface area contributed by atoms with E-state index in [0.717, 1.165) is 34.9 Å². The number of benzene rings is 1. The van der Waals surface area contributed by atoms with Crippen LogP contribution in [0.5, 0.6) is 0 Å². The summed E-state index contributed by atoms with van der Waals surface area (Å²) in [5.74, 6) is 0. The van der Waals surface area contributed by atoms with E-state index in [-0.39, 0.29) is 6.29 Å². The second-order valence-corrected chi connectivity index (χ2v) is 8.01. The van der Waals surface area contributed by atoms with Crippen LogP contribution in [0, 0.1) is 0 Å². The predicted molar refractivity (Wildman–Crippen MR) is 97.5 cm³/mol. The minimum absolute atomic E-state index is 0.156. The Balaban J connectivity index is 1.71. The Kier molecular flexibility index (Phi) is 3.80. The van der Waals surface area contributed by atoms with Crippen LogP contribution in [-0.4, -0.2) is 31.6 Å². The molecule has 0 saturated carbocycles. The van der Waals surface area contributed by atoms with Crippen LogP contribution in [0.15, 0.2) is 18.4 Å². The first-order chi connectivity index (χ1) is 10.2. The van der Waals surface area contributed by atoms with Gasteiger partial charge in [0.05, 0.1) is 22.4 Å². The molecule has 0 aliphatic carbocycles. The van der Waals surface area contributed by atoms with Crippen molar-refractivity contribution >= 4 is 65.4 Å². The first kappa shape index (κ1) is 14.5. The van der Waals surface area contributed by atoms with E-state index in [2.05, 4.69) is 68.3 Å². The average molecular weight is 479 g/mol. The topological polar surface area (TPSA) is 39.7 Å². The van der Waals surface area contributed by atoms with E-state index in [4.69, 9.17) is 0 Å². The maximum atomic E-state index is 4.33. The average Bonchev–Trinajstić information content (AvgIpc) is 3.12. The highest BCUT2D eigenvalue weighted by molar-refractivity contribution is 9.14. The second-order valence-electron chi connectivity index (χ2n) is 5.63. The van der Waals surface area contributed by atoms with Gasteiger partial charge in [-0.25, -0.2) is 0 Å². The first-order valence-electron chi connectivity index (χ1n) is 7.13. The Morgan fingerprint density at radius 1 is 1.24 bits per heavy atom. The van der Waals surface area contributed by atoms with Gasteiger partial charge in [0.15, 0.2) is 6.29 Å². The summed E-state index contributed by atoms with van der Waals surface area (Å²) in [6, 6.07) is 0.438. The molecule has 4 nitrogen and oxygen atoms in total. The van der Waals surface area contributed by atoms with Crippen LogP contribution in [-0.2, 0) is 6.42 Å². The third-order valence-electron chi connectivity index (χ3n) is 4.34. The molecule has 3 aliphatic heterocycles. The van der Waals surface area contributed by atoms with Crippen molar-refractivity contribution in [2.75, 3.05) is 23.3 Å². The van der Waals surface area contributed by atoms with Crippen LogP contribution < -0.4 is 15.5 Å². The Bertz CT molecular complexity index is 623. The van der Waals surface area contributed by atoms with Gasteiger partial charge < -0.3 is 10.2 Å². The van der Waals surface area contributed by atoms with E-state index >= 15 is 0 Å². The van der Waals surface area contributed by atoms with Gasteiger partial charge in [0.1, 0.15) is 0 Å². The lowest BCUT2D eigenvalue weighted by molar-refractivity contribution is 0.461. The molecule has 0 radical (unpaired) electrons. The molecule has 7 heteroatoms. The molecule has 1 unspecified atom stereocenters. The quantitative estimate of drug-likeness (QED) is 0.634. The highest BCUT2D eigenvalue weighted by Gasteiger charge is 2.37.